The topological polar surface area (TPSA) is 62.7 Å². The predicted molar refractivity (Wildman–Crippen MR) is 112 cm³/mol. The maximum absolute atomic E-state index is 13.2. The van der Waals surface area contributed by atoms with Gasteiger partial charge in [-0.2, -0.15) is 0 Å². The molecule has 0 radical (unpaired) electrons. The number of likely N-dealkylation sites (N-methyl/N-ethyl adjacent to an activating group) is 1. The van der Waals surface area contributed by atoms with E-state index in [0.29, 0.717) is 19.6 Å². The van der Waals surface area contributed by atoms with Crippen LogP contribution >= 0.6 is 0 Å². The molecule has 6 heteroatoms. The standard InChI is InChI=1S/C23H29N3O3/c1-17(2)21(27)26-11-12-29-23(16-26,22(28)25(3)4)14-18-7-5-8-19(13-18)20-9-6-10-24-15-20/h5-10,13,15,17H,11-12,14,16H2,1-4H3/t23-/m0/s1. The lowest BCUT2D eigenvalue weighted by Crippen LogP contribution is -2.62. The number of rotatable bonds is 5. The number of aromatic nitrogens is 1. The first kappa shape index (κ1) is 21.0. The fourth-order valence-electron chi connectivity index (χ4n) is 3.78. The average molecular weight is 396 g/mol. The van der Waals surface area contributed by atoms with Crippen LogP contribution in [0.15, 0.2) is 48.8 Å². The molecule has 1 saturated heterocycles. The Morgan fingerprint density at radius 2 is 1.97 bits per heavy atom. The molecule has 29 heavy (non-hydrogen) atoms. The Balaban J connectivity index is 1.93. The van der Waals surface area contributed by atoms with Crippen LogP contribution in [0.5, 0.6) is 0 Å². The van der Waals surface area contributed by atoms with Gasteiger partial charge in [0.2, 0.25) is 5.91 Å². The van der Waals surface area contributed by atoms with Gasteiger partial charge in [0.25, 0.3) is 5.91 Å². The third-order valence-electron chi connectivity index (χ3n) is 5.20. The van der Waals surface area contributed by atoms with E-state index in [9.17, 15) is 9.59 Å². The molecule has 1 atom stereocenters. The minimum absolute atomic E-state index is 0.0494. The van der Waals surface area contributed by atoms with Crippen molar-refractivity contribution in [3.63, 3.8) is 0 Å². The van der Waals surface area contributed by atoms with Crippen molar-refractivity contribution in [3.8, 4) is 11.1 Å². The maximum Gasteiger partial charge on any atom is 0.256 e. The van der Waals surface area contributed by atoms with Crippen molar-refractivity contribution in [3.05, 3.63) is 54.4 Å². The molecular weight excluding hydrogens is 366 g/mol. The van der Waals surface area contributed by atoms with Crippen LogP contribution in [0.1, 0.15) is 19.4 Å². The lowest BCUT2D eigenvalue weighted by atomic mass is 9.89. The highest BCUT2D eigenvalue weighted by Gasteiger charge is 2.46. The Kier molecular flexibility index (Phi) is 6.33. The molecule has 2 heterocycles. The first-order chi connectivity index (χ1) is 13.8. The number of ether oxygens (including phenoxy) is 1. The first-order valence-corrected chi connectivity index (χ1v) is 9.96. The number of hydrogen-bond acceptors (Lipinski definition) is 4. The van der Waals surface area contributed by atoms with Gasteiger partial charge < -0.3 is 14.5 Å². The summed E-state index contributed by atoms with van der Waals surface area (Å²) >= 11 is 0. The normalized spacial score (nSPS) is 19.3. The Bertz CT molecular complexity index is 867. The number of amides is 2. The van der Waals surface area contributed by atoms with Crippen molar-refractivity contribution in [2.45, 2.75) is 25.9 Å². The molecule has 0 spiro atoms. The summed E-state index contributed by atoms with van der Waals surface area (Å²) in [5.41, 5.74) is 1.96. The third kappa shape index (κ3) is 4.65. The minimum Gasteiger partial charge on any atom is -0.361 e. The fourth-order valence-corrected chi connectivity index (χ4v) is 3.78. The van der Waals surface area contributed by atoms with Crippen LogP contribution in [0.4, 0.5) is 0 Å². The minimum atomic E-state index is -1.08. The Hall–Kier alpha value is -2.73. The Morgan fingerprint density at radius 3 is 2.62 bits per heavy atom. The van der Waals surface area contributed by atoms with Gasteiger partial charge in [0.1, 0.15) is 0 Å². The Labute approximate surface area is 172 Å². The number of carbonyl (C=O) groups excluding carboxylic acids is 2. The largest absolute Gasteiger partial charge is 0.361 e. The smallest absolute Gasteiger partial charge is 0.256 e. The average Bonchev–Trinajstić information content (AvgIpc) is 2.73. The molecule has 0 bridgehead atoms. The SMILES string of the molecule is CC(C)C(=O)N1CCO[C@](Cc2cccc(-c3cccnc3)c2)(C(=O)N(C)C)C1. The van der Waals surface area contributed by atoms with Crippen LogP contribution < -0.4 is 0 Å². The predicted octanol–water partition coefficient (Wildman–Crippen LogP) is 2.63. The van der Waals surface area contributed by atoms with Crippen LogP contribution in [-0.4, -0.2) is 66.0 Å². The van der Waals surface area contributed by atoms with E-state index in [2.05, 4.69) is 11.1 Å². The maximum atomic E-state index is 13.2. The third-order valence-corrected chi connectivity index (χ3v) is 5.20. The van der Waals surface area contributed by atoms with E-state index in [-0.39, 0.29) is 24.3 Å². The highest BCUT2D eigenvalue weighted by atomic mass is 16.5. The van der Waals surface area contributed by atoms with E-state index < -0.39 is 5.60 Å². The summed E-state index contributed by atoms with van der Waals surface area (Å²) < 4.78 is 6.10. The van der Waals surface area contributed by atoms with Gasteiger partial charge in [-0.15, -0.1) is 0 Å². The molecule has 1 fully saturated rings. The van der Waals surface area contributed by atoms with Crippen molar-refractivity contribution in [1.29, 1.82) is 0 Å². The molecule has 0 saturated carbocycles. The van der Waals surface area contributed by atoms with E-state index in [4.69, 9.17) is 4.74 Å². The van der Waals surface area contributed by atoms with Gasteiger partial charge in [0, 0.05) is 45.4 Å². The number of morpholine rings is 1. The van der Waals surface area contributed by atoms with Gasteiger partial charge in [0.15, 0.2) is 5.60 Å². The molecule has 1 aliphatic rings. The van der Waals surface area contributed by atoms with Crippen LogP contribution in [0.25, 0.3) is 11.1 Å². The summed E-state index contributed by atoms with van der Waals surface area (Å²) in [6, 6.07) is 12.0. The molecular formula is C23H29N3O3. The van der Waals surface area contributed by atoms with Gasteiger partial charge in [-0.05, 0) is 22.8 Å². The van der Waals surface area contributed by atoms with E-state index in [0.717, 1.165) is 16.7 Å². The number of nitrogens with zero attached hydrogens (tertiary/aromatic N) is 3. The van der Waals surface area contributed by atoms with E-state index >= 15 is 0 Å². The molecule has 3 rings (SSSR count). The first-order valence-electron chi connectivity index (χ1n) is 9.96. The van der Waals surface area contributed by atoms with Crippen LogP contribution in [0.2, 0.25) is 0 Å². The second-order valence-corrected chi connectivity index (χ2v) is 8.08. The van der Waals surface area contributed by atoms with Crippen molar-refractivity contribution < 1.29 is 14.3 Å². The van der Waals surface area contributed by atoms with Crippen molar-refractivity contribution in [1.82, 2.24) is 14.8 Å². The summed E-state index contributed by atoms with van der Waals surface area (Å²) in [6.45, 7) is 4.88. The molecule has 2 aromatic rings. The van der Waals surface area contributed by atoms with E-state index in [1.807, 2.05) is 50.4 Å². The number of carbonyl (C=O) groups is 2. The number of hydrogen-bond donors (Lipinski definition) is 0. The lowest BCUT2D eigenvalue weighted by molar-refractivity contribution is -0.173. The fraction of sp³-hybridized carbons (Fsp3) is 0.435. The zero-order valence-corrected chi connectivity index (χ0v) is 17.6. The molecule has 2 amide bonds. The van der Waals surface area contributed by atoms with Gasteiger partial charge in [-0.25, -0.2) is 0 Å². The summed E-state index contributed by atoms with van der Waals surface area (Å²) in [7, 11) is 3.45. The van der Waals surface area contributed by atoms with Gasteiger partial charge in [0.05, 0.1) is 13.2 Å². The molecule has 1 aromatic carbocycles. The van der Waals surface area contributed by atoms with Crippen molar-refractivity contribution >= 4 is 11.8 Å². The molecule has 0 N–H and O–H groups in total. The molecule has 6 nitrogen and oxygen atoms in total. The quantitative estimate of drug-likeness (QED) is 0.781. The summed E-state index contributed by atoms with van der Waals surface area (Å²) in [5.74, 6) is -0.187. The number of pyridine rings is 1. The van der Waals surface area contributed by atoms with Gasteiger partial charge in [-0.3, -0.25) is 14.6 Å². The van der Waals surface area contributed by atoms with Crippen LogP contribution in [0.3, 0.4) is 0 Å². The number of benzene rings is 1. The molecule has 154 valence electrons. The molecule has 0 aliphatic carbocycles. The Morgan fingerprint density at radius 1 is 1.21 bits per heavy atom. The summed E-state index contributed by atoms with van der Waals surface area (Å²) in [4.78, 5) is 33.3. The molecule has 1 aromatic heterocycles. The van der Waals surface area contributed by atoms with Gasteiger partial charge in [-0.1, -0.05) is 44.2 Å². The van der Waals surface area contributed by atoms with Gasteiger partial charge >= 0.3 is 0 Å². The second kappa shape index (κ2) is 8.74. The van der Waals surface area contributed by atoms with E-state index in [1.165, 1.54) is 0 Å². The lowest BCUT2D eigenvalue weighted by Gasteiger charge is -2.43. The molecule has 0 unspecified atom stereocenters. The summed E-state index contributed by atoms with van der Waals surface area (Å²) in [6.07, 6.45) is 3.97. The summed E-state index contributed by atoms with van der Waals surface area (Å²) in [5, 5.41) is 0. The van der Waals surface area contributed by atoms with Crippen molar-refractivity contribution in [2.24, 2.45) is 5.92 Å². The van der Waals surface area contributed by atoms with Crippen molar-refractivity contribution in [2.75, 3.05) is 33.8 Å². The monoisotopic (exact) mass is 395 g/mol. The highest BCUT2D eigenvalue weighted by Crippen LogP contribution is 2.28. The molecule has 1 aliphatic heterocycles. The zero-order chi connectivity index (χ0) is 21.0. The zero-order valence-electron chi connectivity index (χ0n) is 17.6. The van der Waals surface area contributed by atoms with E-state index in [1.54, 1.807) is 30.1 Å². The second-order valence-electron chi connectivity index (χ2n) is 8.08. The van der Waals surface area contributed by atoms with Crippen LogP contribution in [-0.2, 0) is 20.7 Å². The van der Waals surface area contributed by atoms with Crippen LogP contribution in [0, 0.1) is 5.92 Å². The highest BCUT2D eigenvalue weighted by molar-refractivity contribution is 5.87.